The van der Waals surface area contributed by atoms with Crippen LogP contribution in [0.1, 0.15) is 31.2 Å². The van der Waals surface area contributed by atoms with Gasteiger partial charge in [-0.1, -0.05) is 0 Å². The molecule has 1 aliphatic heterocycles. The van der Waals surface area contributed by atoms with Crippen molar-refractivity contribution in [2.75, 3.05) is 20.8 Å². The minimum atomic E-state index is 0. The van der Waals surface area contributed by atoms with Crippen molar-refractivity contribution in [3.63, 3.8) is 0 Å². The van der Waals surface area contributed by atoms with E-state index in [4.69, 9.17) is 9.47 Å². The monoisotopic (exact) mass is 328 g/mol. The van der Waals surface area contributed by atoms with E-state index in [0.717, 1.165) is 30.0 Å². The van der Waals surface area contributed by atoms with E-state index in [2.05, 4.69) is 10.6 Å². The van der Waals surface area contributed by atoms with Crippen LogP contribution in [0.2, 0.25) is 0 Å². The van der Waals surface area contributed by atoms with Crippen molar-refractivity contribution in [1.29, 1.82) is 0 Å². The summed E-state index contributed by atoms with van der Waals surface area (Å²) in [6.45, 7) is 1.55. The van der Waals surface area contributed by atoms with Crippen LogP contribution in [0.4, 0.5) is 0 Å². The maximum atomic E-state index is 11.9. The molecule has 1 aromatic carbocycles. The van der Waals surface area contributed by atoms with Gasteiger partial charge in [0.2, 0.25) is 5.91 Å². The molecule has 22 heavy (non-hydrogen) atoms. The third-order valence-electron chi connectivity index (χ3n) is 3.85. The number of hydrogen-bond acceptors (Lipinski definition) is 4. The van der Waals surface area contributed by atoms with Crippen molar-refractivity contribution >= 4 is 18.3 Å². The summed E-state index contributed by atoms with van der Waals surface area (Å²) in [4.78, 5) is 11.9. The molecule has 124 valence electrons. The molecule has 1 amide bonds. The number of amides is 1. The lowest BCUT2D eigenvalue weighted by atomic mass is 10.1. The van der Waals surface area contributed by atoms with Gasteiger partial charge in [0.1, 0.15) is 11.5 Å². The number of rotatable bonds is 7. The number of hydrogen-bond donors (Lipinski definition) is 2. The number of halogens is 1. The average molecular weight is 329 g/mol. The molecule has 1 fully saturated rings. The van der Waals surface area contributed by atoms with Crippen molar-refractivity contribution in [3.05, 3.63) is 23.8 Å². The molecule has 2 rings (SSSR count). The lowest BCUT2D eigenvalue weighted by molar-refractivity contribution is -0.121. The van der Waals surface area contributed by atoms with Gasteiger partial charge in [0.05, 0.1) is 14.2 Å². The fourth-order valence-electron chi connectivity index (χ4n) is 2.59. The predicted octanol–water partition coefficient (Wildman–Crippen LogP) is 2.27. The number of methoxy groups -OCH3 is 2. The smallest absolute Gasteiger partial charge is 0.220 e. The Kier molecular flexibility index (Phi) is 8.06. The molecule has 0 saturated carbocycles. The topological polar surface area (TPSA) is 59.6 Å². The second kappa shape index (κ2) is 9.54. The Balaban J connectivity index is 0.00000242. The van der Waals surface area contributed by atoms with Crippen molar-refractivity contribution in [2.24, 2.45) is 0 Å². The molecule has 5 nitrogen and oxygen atoms in total. The van der Waals surface area contributed by atoms with Gasteiger partial charge in [-0.05, 0) is 37.9 Å². The summed E-state index contributed by atoms with van der Waals surface area (Å²) in [6.07, 6.45) is 3.87. The van der Waals surface area contributed by atoms with Crippen molar-refractivity contribution in [1.82, 2.24) is 10.6 Å². The van der Waals surface area contributed by atoms with Gasteiger partial charge in [-0.25, -0.2) is 0 Å². The molecule has 6 heteroatoms. The SMILES string of the molecule is COc1ccc(CNC(=O)CCC2CCCN2)c(OC)c1.Cl. The number of carbonyl (C=O) groups excluding carboxylic acids is 1. The largest absolute Gasteiger partial charge is 0.497 e. The van der Waals surface area contributed by atoms with Gasteiger partial charge in [0, 0.05) is 30.6 Å². The number of nitrogens with one attached hydrogen (secondary N) is 2. The summed E-state index contributed by atoms with van der Waals surface area (Å²) in [6, 6.07) is 6.11. The minimum absolute atomic E-state index is 0. The molecule has 1 atom stereocenters. The molecule has 1 aromatic rings. The third kappa shape index (κ3) is 5.39. The Labute approximate surface area is 138 Å². The van der Waals surface area contributed by atoms with Gasteiger partial charge < -0.3 is 20.1 Å². The molecular formula is C16H25ClN2O3. The third-order valence-corrected chi connectivity index (χ3v) is 3.85. The van der Waals surface area contributed by atoms with Gasteiger partial charge in [-0.15, -0.1) is 12.4 Å². The van der Waals surface area contributed by atoms with Crippen LogP contribution in [0.25, 0.3) is 0 Å². The van der Waals surface area contributed by atoms with Gasteiger partial charge in [0.25, 0.3) is 0 Å². The van der Waals surface area contributed by atoms with E-state index in [9.17, 15) is 4.79 Å². The quantitative estimate of drug-likeness (QED) is 0.806. The molecule has 0 aromatic heterocycles. The highest BCUT2D eigenvalue weighted by molar-refractivity contribution is 5.85. The van der Waals surface area contributed by atoms with Crippen molar-refractivity contribution in [2.45, 2.75) is 38.3 Å². The van der Waals surface area contributed by atoms with E-state index < -0.39 is 0 Å². The van der Waals surface area contributed by atoms with E-state index in [1.54, 1.807) is 14.2 Å². The highest BCUT2D eigenvalue weighted by Crippen LogP contribution is 2.24. The molecule has 1 heterocycles. The Morgan fingerprint density at radius 2 is 2.18 bits per heavy atom. The summed E-state index contributed by atoms with van der Waals surface area (Å²) in [5.74, 6) is 1.56. The first-order valence-electron chi connectivity index (χ1n) is 7.44. The highest BCUT2D eigenvalue weighted by Gasteiger charge is 2.15. The zero-order valence-electron chi connectivity index (χ0n) is 13.2. The Bertz CT molecular complexity index is 476. The van der Waals surface area contributed by atoms with Gasteiger partial charge in [-0.3, -0.25) is 4.79 Å². The van der Waals surface area contributed by atoms with Crippen LogP contribution in [0.15, 0.2) is 18.2 Å². The minimum Gasteiger partial charge on any atom is -0.497 e. The molecule has 0 aliphatic carbocycles. The van der Waals surface area contributed by atoms with Crippen LogP contribution in [0.5, 0.6) is 11.5 Å². The lowest BCUT2D eigenvalue weighted by Crippen LogP contribution is -2.27. The molecule has 0 spiro atoms. The maximum Gasteiger partial charge on any atom is 0.220 e. The van der Waals surface area contributed by atoms with E-state index in [1.165, 1.54) is 12.8 Å². The molecule has 0 radical (unpaired) electrons. The summed E-state index contributed by atoms with van der Waals surface area (Å²) >= 11 is 0. The van der Waals surface area contributed by atoms with Crippen LogP contribution < -0.4 is 20.1 Å². The fourth-order valence-corrected chi connectivity index (χ4v) is 2.59. The second-order valence-corrected chi connectivity index (χ2v) is 5.29. The Morgan fingerprint density at radius 1 is 1.36 bits per heavy atom. The first-order valence-corrected chi connectivity index (χ1v) is 7.44. The van der Waals surface area contributed by atoms with E-state index >= 15 is 0 Å². The Hall–Kier alpha value is -1.46. The average Bonchev–Trinajstić information content (AvgIpc) is 3.04. The van der Waals surface area contributed by atoms with E-state index in [1.807, 2.05) is 18.2 Å². The maximum absolute atomic E-state index is 11.9. The molecule has 1 aliphatic rings. The number of ether oxygens (including phenoxy) is 2. The van der Waals surface area contributed by atoms with Crippen LogP contribution in [-0.4, -0.2) is 32.7 Å². The summed E-state index contributed by atoms with van der Waals surface area (Å²) < 4.78 is 10.5. The normalized spacial score (nSPS) is 16.7. The van der Waals surface area contributed by atoms with Crippen LogP contribution in [0, 0.1) is 0 Å². The fraction of sp³-hybridized carbons (Fsp3) is 0.562. The lowest BCUT2D eigenvalue weighted by Gasteiger charge is -2.12. The standard InChI is InChI=1S/C16H24N2O3.ClH/c1-20-14-7-5-12(15(10-14)21-2)11-18-16(19)8-6-13-4-3-9-17-13;/h5,7,10,13,17H,3-4,6,8-9,11H2,1-2H3,(H,18,19);1H. The van der Waals surface area contributed by atoms with E-state index in [-0.39, 0.29) is 18.3 Å². The second-order valence-electron chi connectivity index (χ2n) is 5.29. The highest BCUT2D eigenvalue weighted by atomic mass is 35.5. The summed E-state index contributed by atoms with van der Waals surface area (Å²) in [5, 5.41) is 6.35. The van der Waals surface area contributed by atoms with Gasteiger partial charge in [0.15, 0.2) is 0 Å². The molecule has 2 N–H and O–H groups in total. The summed E-state index contributed by atoms with van der Waals surface area (Å²) in [7, 11) is 3.24. The van der Waals surface area contributed by atoms with Crippen LogP contribution in [0.3, 0.4) is 0 Å². The van der Waals surface area contributed by atoms with Crippen molar-refractivity contribution in [3.8, 4) is 11.5 Å². The molecule has 0 bridgehead atoms. The number of benzene rings is 1. The van der Waals surface area contributed by atoms with Crippen LogP contribution in [-0.2, 0) is 11.3 Å². The summed E-state index contributed by atoms with van der Waals surface area (Å²) in [5.41, 5.74) is 0.950. The Morgan fingerprint density at radius 3 is 2.82 bits per heavy atom. The van der Waals surface area contributed by atoms with Gasteiger partial charge in [-0.2, -0.15) is 0 Å². The zero-order chi connectivity index (χ0) is 15.1. The molecule has 1 saturated heterocycles. The zero-order valence-corrected chi connectivity index (χ0v) is 14.0. The molecule has 1 unspecified atom stereocenters. The first kappa shape index (κ1) is 18.6. The first-order chi connectivity index (χ1) is 10.2. The van der Waals surface area contributed by atoms with Crippen LogP contribution >= 0.6 is 12.4 Å². The predicted molar refractivity (Wildman–Crippen MR) is 88.9 cm³/mol. The number of carbonyl (C=O) groups is 1. The van der Waals surface area contributed by atoms with Gasteiger partial charge >= 0.3 is 0 Å². The van der Waals surface area contributed by atoms with Crippen molar-refractivity contribution < 1.29 is 14.3 Å². The van der Waals surface area contributed by atoms with E-state index in [0.29, 0.717) is 19.0 Å². The molecular weight excluding hydrogens is 304 g/mol.